The molecule has 6 nitrogen and oxygen atoms in total. The van der Waals surface area contributed by atoms with Crippen LogP contribution in [0.15, 0.2) is 60.7 Å². The Balaban J connectivity index is 1.59. The van der Waals surface area contributed by atoms with Crippen molar-refractivity contribution in [1.82, 2.24) is 9.78 Å². The van der Waals surface area contributed by atoms with Gasteiger partial charge in [-0.15, -0.1) is 0 Å². The fourth-order valence-electron chi connectivity index (χ4n) is 2.50. The summed E-state index contributed by atoms with van der Waals surface area (Å²) >= 11 is 6.00. The summed E-state index contributed by atoms with van der Waals surface area (Å²) < 4.78 is 19.5. The average molecular weight is 414 g/mol. The first-order valence-electron chi connectivity index (χ1n) is 8.64. The lowest BCUT2D eigenvalue weighted by molar-refractivity contribution is -0.142. The Morgan fingerprint density at radius 3 is 2.66 bits per heavy atom. The van der Waals surface area contributed by atoms with Gasteiger partial charge in [0.2, 0.25) is 0 Å². The third-order valence-corrected chi connectivity index (χ3v) is 4.16. The van der Waals surface area contributed by atoms with E-state index in [9.17, 15) is 14.0 Å². The highest BCUT2D eigenvalue weighted by Crippen LogP contribution is 2.18. The summed E-state index contributed by atoms with van der Waals surface area (Å²) in [5.41, 5.74) is 1.90. The molecule has 0 radical (unpaired) electrons. The Hall–Kier alpha value is -3.45. The van der Waals surface area contributed by atoms with Crippen molar-refractivity contribution in [2.45, 2.75) is 6.92 Å². The van der Waals surface area contributed by atoms with E-state index < -0.39 is 18.5 Å². The van der Waals surface area contributed by atoms with Gasteiger partial charge in [0.15, 0.2) is 6.61 Å². The molecule has 1 amide bonds. The Bertz CT molecular complexity index is 1060. The lowest BCUT2D eigenvalue weighted by Crippen LogP contribution is -2.21. The van der Waals surface area contributed by atoms with Crippen LogP contribution in [0.1, 0.15) is 11.3 Å². The van der Waals surface area contributed by atoms with Gasteiger partial charge in [0.05, 0.1) is 11.4 Å². The van der Waals surface area contributed by atoms with E-state index in [-0.39, 0.29) is 5.82 Å². The number of hydrogen-bond donors (Lipinski definition) is 1. The van der Waals surface area contributed by atoms with Crippen LogP contribution in [0, 0.1) is 12.7 Å². The summed E-state index contributed by atoms with van der Waals surface area (Å²) in [4.78, 5) is 24.0. The molecule has 148 valence electrons. The van der Waals surface area contributed by atoms with E-state index in [4.69, 9.17) is 16.3 Å². The van der Waals surface area contributed by atoms with E-state index in [2.05, 4.69) is 10.4 Å². The number of ether oxygens (including phenoxy) is 1. The van der Waals surface area contributed by atoms with Gasteiger partial charge in [0.25, 0.3) is 5.91 Å². The molecule has 0 saturated carbocycles. The van der Waals surface area contributed by atoms with Crippen molar-refractivity contribution < 1.29 is 18.7 Å². The average Bonchev–Trinajstić information content (AvgIpc) is 3.06. The maximum Gasteiger partial charge on any atom is 0.331 e. The highest BCUT2D eigenvalue weighted by Gasteiger charge is 2.12. The van der Waals surface area contributed by atoms with Crippen molar-refractivity contribution in [3.05, 3.63) is 82.8 Å². The summed E-state index contributed by atoms with van der Waals surface area (Å²) in [5, 5.41) is 7.41. The molecule has 0 atom stereocenters. The van der Waals surface area contributed by atoms with Gasteiger partial charge in [0.1, 0.15) is 11.6 Å². The molecule has 8 heteroatoms. The van der Waals surface area contributed by atoms with Gasteiger partial charge < -0.3 is 10.1 Å². The number of halogens is 2. The molecule has 1 N–H and O–H groups in total. The molecule has 0 saturated heterocycles. The normalized spacial score (nSPS) is 10.9. The largest absolute Gasteiger partial charge is 0.452 e. The molecule has 29 heavy (non-hydrogen) atoms. The van der Waals surface area contributed by atoms with E-state index in [1.807, 2.05) is 0 Å². The summed E-state index contributed by atoms with van der Waals surface area (Å²) in [5.74, 6) is -1.21. The van der Waals surface area contributed by atoms with Crippen molar-refractivity contribution in [3.8, 4) is 5.69 Å². The minimum absolute atomic E-state index is 0.375. The third kappa shape index (κ3) is 5.52. The minimum Gasteiger partial charge on any atom is -0.452 e. The second kappa shape index (κ2) is 9.16. The number of anilines is 1. The van der Waals surface area contributed by atoms with Crippen LogP contribution >= 0.6 is 11.6 Å². The number of nitrogens with one attached hydrogen (secondary N) is 1. The number of amides is 1. The highest BCUT2D eigenvalue weighted by molar-refractivity contribution is 6.32. The number of esters is 1. The van der Waals surface area contributed by atoms with Gasteiger partial charge in [-0.3, -0.25) is 4.79 Å². The summed E-state index contributed by atoms with van der Waals surface area (Å²) in [6, 6.07) is 14.3. The first kappa shape index (κ1) is 20.3. The molecule has 3 rings (SSSR count). The van der Waals surface area contributed by atoms with E-state index >= 15 is 0 Å². The molecule has 0 bridgehead atoms. The zero-order valence-corrected chi connectivity index (χ0v) is 16.2. The Labute approximate surface area is 171 Å². The van der Waals surface area contributed by atoms with E-state index in [0.29, 0.717) is 27.8 Å². The van der Waals surface area contributed by atoms with Crippen LogP contribution in [-0.4, -0.2) is 28.3 Å². The second-order valence-electron chi connectivity index (χ2n) is 6.07. The molecule has 2 aromatic carbocycles. The summed E-state index contributed by atoms with van der Waals surface area (Å²) in [6.45, 7) is 1.29. The maximum atomic E-state index is 13.1. The number of aromatic nitrogens is 2. The van der Waals surface area contributed by atoms with Crippen molar-refractivity contribution in [1.29, 1.82) is 0 Å². The van der Waals surface area contributed by atoms with Crippen LogP contribution in [0.2, 0.25) is 5.02 Å². The van der Waals surface area contributed by atoms with Crippen LogP contribution in [0.3, 0.4) is 0 Å². The first-order valence-corrected chi connectivity index (χ1v) is 9.02. The highest BCUT2D eigenvalue weighted by atomic mass is 35.5. The summed E-state index contributed by atoms with van der Waals surface area (Å²) in [7, 11) is 0. The van der Waals surface area contributed by atoms with Crippen molar-refractivity contribution in [2.24, 2.45) is 0 Å². The van der Waals surface area contributed by atoms with Gasteiger partial charge in [-0.2, -0.15) is 5.10 Å². The van der Waals surface area contributed by atoms with Crippen LogP contribution < -0.4 is 5.32 Å². The minimum atomic E-state index is -0.678. The molecule has 1 heterocycles. The molecule has 0 fully saturated rings. The maximum absolute atomic E-state index is 13.1. The van der Waals surface area contributed by atoms with E-state index in [0.717, 1.165) is 0 Å². The lowest BCUT2D eigenvalue weighted by atomic mass is 10.2. The Kier molecular flexibility index (Phi) is 6.41. The van der Waals surface area contributed by atoms with Gasteiger partial charge in [0, 0.05) is 17.2 Å². The molecular weight excluding hydrogens is 397 g/mol. The number of carbonyl (C=O) groups excluding carboxylic acids is 2. The zero-order valence-electron chi connectivity index (χ0n) is 15.4. The summed E-state index contributed by atoms with van der Waals surface area (Å²) in [6.07, 6.45) is 2.71. The van der Waals surface area contributed by atoms with Crippen LogP contribution in [0.25, 0.3) is 11.8 Å². The molecule has 0 spiro atoms. The number of aryl methyl sites for hydroxylation is 1. The molecule has 0 unspecified atom stereocenters. The fourth-order valence-corrected chi connectivity index (χ4v) is 2.70. The van der Waals surface area contributed by atoms with Crippen molar-refractivity contribution in [2.75, 3.05) is 11.9 Å². The fraction of sp³-hybridized carbons (Fsp3) is 0.0952. The van der Waals surface area contributed by atoms with Crippen molar-refractivity contribution in [3.63, 3.8) is 0 Å². The monoisotopic (exact) mass is 413 g/mol. The topological polar surface area (TPSA) is 73.2 Å². The van der Waals surface area contributed by atoms with Crippen LogP contribution in [-0.2, 0) is 14.3 Å². The Morgan fingerprint density at radius 2 is 1.93 bits per heavy atom. The first-order chi connectivity index (χ1) is 13.9. The zero-order chi connectivity index (χ0) is 20.8. The number of benzene rings is 2. The smallest absolute Gasteiger partial charge is 0.331 e. The molecule has 1 aromatic heterocycles. The number of rotatable bonds is 6. The van der Waals surface area contributed by atoms with E-state index in [1.165, 1.54) is 41.1 Å². The van der Waals surface area contributed by atoms with E-state index in [1.54, 1.807) is 37.3 Å². The quantitative estimate of drug-likeness (QED) is 0.486. The van der Waals surface area contributed by atoms with Gasteiger partial charge in [-0.1, -0.05) is 29.8 Å². The molecule has 0 aliphatic rings. The lowest BCUT2D eigenvalue weighted by Gasteiger charge is -2.09. The van der Waals surface area contributed by atoms with Crippen LogP contribution in [0.4, 0.5) is 10.2 Å². The van der Waals surface area contributed by atoms with Crippen LogP contribution in [0.5, 0.6) is 0 Å². The van der Waals surface area contributed by atoms with Crippen molar-refractivity contribution >= 4 is 35.4 Å². The Morgan fingerprint density at radius 1 is 1.21 bits per heavy atom. The molecular formula is C21H17ClFN3O3. The predicted molar refractivity (Wildman–Crippen MR) is 108 cm³/mol. The number of carbonyl (C=O) groups is 2. The molecule has 3 aromatic rings. The second-order valence-corrected chi connectivity index (χ2v) is 6.48. The third-order valence-electron chi connectivity index (χ3n) is 3.82. The molecule has 0 aliphatic heterocycles. The van der Waals surface area contributed by atoms with Gasteiger partial charge in [-0.05, 0) is 48.9 Å². The van der Waals surface area contributed by atoms with Gasteiger partial charge in [-0.25, -0.2) is 13.9 Å². The predicted octanol–water partition coefficient (Wildman–Crippen LogP) is 4.17. The standard InChI is InChI=1S/C21H17ClFN3O3/c1-14-12-19(26(25-14)17-9-7-16(23)8-10-17)24-20(27)13-29-21(28)11-6-15-4-2-3-5-18(15)22/h2-12H,13H2,1H3,(H,24,27)/b11-6+. The number of hydrogen-bond acceptors (Lipinski definition) is 4. The molecule has 0 aliphatic carbocycles. The van der Waals surface area contributed by atoms with Gasteiger partial charge >= 0.3 is 5.97 Å². The SMILES string of the molecule is Cc1cc(NC(=O)COC(=O)/C=C/c2ccccc2Cl)n(-c2ccc(F)cc2)n1. The number of nitrogens with zero attached hydrogens (tertiary/aromatic N) is 2.